The number of carbonyl (C=O) groups is 1. The number of carbonyl (C=O) groups excluding carboxylic acids is 1. The lowest BCUT2D eigenvalue weighted by Gasteiger charge is -2.36. The van der Waals surface area contributed by atoms with Crippen LogP contribution in [-0.2, 0) is 6.54 Å². The molecule has 1 aliphatic rings. The summed E-state index contributed by atoms with van der Waals surface area (Å²) in [5.41, 5.74) is 3.30. The molecule has 0 N–H and O–H groups in total. The van der Waals surface area contributed by atoms with Gasteiger partial charge in [-0.3, -0.25) is 4.79 Å². The van der Waals surface area contributed by atoms with Crippen molar-refractivity contribution in [2.75, 3.05) is 22.9 Å². The lowest BCUT2D eigenvalue weighted by Crippen LogP contribution is -2.44. The Kier molecular flexibility index (Phi) is 3.98. The summed E-state index contributed by atoms with van der Waals surface area (Å²) >= 11 is 0. The van der Waals surface area contributed by atoms with E-state index in [0.717, 1.165) is 24.6 Å². The molecule has 0 radical (unpaired) electrons. The Labute approximate surface area is 146 Å². The van der Waals surface area contributed by atoms with Gasteiger partial charge in [-0.1, -0.05) is 29.8 Å². The zero-order chi connectivity index (χ0) is 17.2. The van der Waals surface area contributed by atoms with Gasteiger partial charge >= 0.3 is 0 Å². The summed E-state index contributed by atoms with van der Waals surface area (Å²) in [6.07, 6.45) is 3.28. The summed E-state index contributed by atoms with van der Waals surface area (Å²) in [7, 11) is 0. The summed E-state index contributed by atoms with van der Waals surface area (Å²) in [5, 5.41) is 0. The summed E-state index contributed by atoms with van der Waals surface area (Å²) in [4.78, 5) is 21.2. The highest BCUT2D eigenvalue weighted by molar-refractivity contribution is 6.06. The molecule has 0 saturated carbocycles. The van der Waals surface area contributed by atoms with E-state index in [1.165, 1.54) is 17.4 Å². The number of furan rings is 1. The fourth-order valence-electron chi connectivity index (χ4n) is 3.10. The smallest absolute Gasteiger partial charge is 0.294 e. The van der Waals surface area contributed by atoms with Gasteiger partial charge in [0.25, 0.3) is 5.91 Å². The van der Waals surface area contributed by atoms with E-state index in [2.05, 4.69) is 41.1 Å². The number of hydrogen-bond acceptors (Lipinski definition) is 4. The molecule has 1 amide bonds. The minimum absolute atomic E-state index is 0.130. The number of hydrogen-bond donors (Lipinski definition) is 0. The number of aromatic nitrogens is 1. The lowest BCUT2D eigenvalue weighted by atomic mass is 10.1. The molecule has 0 spiro atoms. The third kappa shape index (κ3) is 3.01. The fraction of sp³-hybridized carbons (Fsp3) is 0.200. The van der Waals surface area contributed by atoms with Crippen molar-refractivity contribution in [1.29, 1.82) is 0 Å². The van der Waals surface area contributed by atoms with E-state index in [9.17, 15) is 4.79 Å². The molecule has 1 aromatic carbocycles. The van der Waals surface area contributed by atoms with Crippen molar-refractivity contribution in [2.24, 2.45) is 0 Å². The van der Waals surface area contributed by atoms with Crippen molar-refractivity contribution in [2.45, 2.75) is 13.5 Å². The first-order valence-electron chi connectivity index (χ1n) is 8.33. The minimum atomic E-state index is -0.130. The maximum Gasteiger partial charge on any atom is 0.294 e. The van der Waals surface area contributed by atoms with E-state index in [1.807, 2.05) is 12.1 Å². The molecule has 0 saturated heterocycles. The van der Waals surface area contributed by atoms with Gasteiger partial charge in [-0.15, -0.1) is 0 Å². The zero-order valence-corrected chi connectivity index (χ0v) is 14.1. The topological polar surface area (TPSA) is 49.6 Å². The second-order valence-corrected chi connectivity index (χ2v) is 6.19. The van der Waals surface area contributed by atoms with Gasteiger partial charge in [0.2, 0.25) is 0 Å². The Bertz CT molecular complexity index is 872. The average molecular weight is 333 g/mol. The Morgan fingerprint density at radius 3 is 2.72 bits per heavy atom. The Morgan fingerprint density at radius 2 is 1.96 bits per heavy atom. The predicted octanol–water partition coefficient (Wildman–Crippen LogP) is 3.65. The number of anilines is 2. The molecule has 0 aliphatic carbocycles. The van der Waals surface area contributed by atoms with Crippen LogP contribution in [0.1, 0.15) is 21.7 Å². The van der Waals surface area contributed by atoms with Crippen molar-refractivity contribution < 1.29 is 9.21 Å². The zero-order valence-electron chi connectivity index (χ0n) is 14.1. The number of aryl methyl sites for hydroxylation is 1. The molecule has 126 valence electrons. The van der Waals surface area contributed by atoms with E-state index < -0.39 is 0 Å². The van der Waals surface area contributed by atoms with Crippen LogP contribution in [0.25, 0.3) is 0 Å². The number of fused-ring (bicyclic) bond motifs is 1. The van der Waals surface area contributed by atoms with Gasteiger partial charge < -0.3 is 14.2 Å². The molecule has 2 aromatic heterocycles. The normalized spacial score (nSPS) is 13.6. The fourth-order valence-corrected chi connectivity index (χ4v) is 3.10. The Morgan fingerprint density at radius 1 is 1.12 bits per heavy atom. The number of amides is 1. The van der Waals surface area contributed by atoms with Crippen molar-refractivity contribution in [3.8, 4) is 0 Å². The SMILES string of the molecule is Cc1ccc(CN2CCN(C(=O)c3ccco3)c3cccnc32)cc1. The maximum absolute atomic E-state index is 12.7. The number of pyridine rings is 1. The van der Waals surface area contributed by atoms with Crippen molar-refractivity contribution in [1.82, 2.24) is 4.98 Å². The van der Waals surface area contributed by atoms with Gasteiger partial charge in [-0.05, 0) is 36.8 Å². The first kappa shape index (κ1) is 15.4. The Hall–Kier alpha value is -3.08. The molecule has 0 fully saturated rings. The summed E-state index contributed by atoms with van der Waals surface area (Å²) in [5.74, 6) is 1.05. The molecule has 1 aliphatic heterocycles. The van der Waals surface area contributed by atoms with Crippen molar-refractivity contribution in [3.05, 3.63) is 77.9 Å². The van der Waals surface area contributed by atoms with Gasteiger partial charge in [0, 0.05) is 25.8 Å². The molecule has 0 unspecified atom stereocenters. The lowest BCUT2D eigenvalue weighted by molar-refractivity contribution is 0.0960. The highest BCUT2D eigenvalue weighted by atomic mass is 16.3. The van der Waals surface area contributed by atoms with Gasteiger partial charge in [-0.25, -0.2) is 4.98 Å². The van der Waals surface area contributed by atoms with E-state index in [1.54, 1.807) is 23.2 Å². The summed E-state index contributed by atoms with van der Waals surface area (Å²) < 4.78 is 5.27. The highest BCUT2D eigenvalue weighted by Gasteiger charge is 2.29. The number of nitrogens with zero attached hydrogens (tertiary/aromatic N) is 3. The van der Waals surface area contributed by atoms with Crippen LogP contribution in [0.5, 0.6) is 0 Å². The molecule has 5 heteroatoms. The molecule has 3 aromatic rings. The van der Waals surface area contributed by atoms with E-state index in [-0.39, 0.29) is 5.91 Å². The van der Waals surface area contributed by atoms with Crippen LogP contribution >= 0.6 is 0 Å². The maximum atomic E-state index is 12.7. The summed E-state index contributed by atoms with van der Waals surface area (Å²) in [6.45, 7) is 4.18. The van der Waals surface area contributed by atoms with Crippen LogP contribution in [0.2, 0.25) is 0 Å². The predicted molar refractivity (Wildman–Crippen MR) is 96.9 cm³/mol. The Balaban J connectivity index is 1.62. The van der Waals surface area contributed by atoms with Gasteiger partial charge in [0.1, 0.15) is 0 Å². The first-order valence-corrected chi connectivity index (χ1v) is 8.33. The van der Waals surface area contributed by atoms with Crippen LogP contribution < -0.4 is 9.80 Å². The number of benzene rings is 1. The largest absolute Gasteiger partial charge is 0.459 e. The van der Waals surface area contributed by atoms with Crippen LogP contribution in [0.15, 0.2) is 65.4 Å². The van der Waals surface area contributed by atoms with Gasteiger partial charge in [0.15, 0.2) is 11.6 Å². The summed E-state index contributed by atoms with van der Waals surface area (Å²) in [6, 6.07) is 15.7. The molecular weight excluding hydrogens is 314 g/mol. The minimum Gasteiger partial charge on any atom is -0.459 e. The van der Waals surface area contributed by atoms with Crippen LogP contribution in [0.4, 0.5) is 11.5 Å². The molecule has 4 rings (SSSR count). The second kappa shape index (κ2) is 6.43. The molecule has 0 bridgehead atoms. The van der Waals surface area contributed by atoms with E-state index >= 15 is 0 Å². The number of rotatable bonds is 3. The van der Waals surface area contributed by atoms with Crippen molar-refractivity contribution in [3.63, 3.8) is 0 Å². The molecule has 0 atom stereocenters. The third-order valence-corrected chi connectivity index (χ3v) is 4.42. The second-order valence-electron chi connectivity index (χ2n) is 6.19. The van der Waals surface area contributed by atoms with Crippen LogP contribution in [0, 0.1) is 6.92 Å². The monoisotopic (exact) mass is 333 g/mol. The standard InChI is InChI=1S/C20H19N3O2/c1-15-6-8-16(9-7-15)14-22-11-12-23(17-4-2-10-21-19(17)22)20(24)18-5-3-13-25-18/h2-10,13H,11-12,14H2,1H3. The van der Waals surface area contributed by atoms with Gasteiger partial charge in [-0.2, -0.15) is 0 Å². The van der Waals surface area contributed by atoms with Crippen LogP contribution in [0.3, 0.4) is 0 Å². The van der Waals surface area contributed by atoms with E-state index in [4.69, 9.17) is 4.42 Å². The molecule has 5 nitrogen and oxygen atoms in total. The van der Waals surface area contributed by atoms with Crippen LogP contribution in [-0.4, -0.2) is 24.0 Å². The first-order chi connectivity index (χ1) is 12.2. The van der Waals surface area contributed by atoms with Gasteiger partial charge in [0.05, 0.1) is 12.0 Å². The highest BCUT2D eigenvalue weighted by Crippen LogP contribution is 2.32. The molecule has 25 heavy (non-hydrogen) atoms. The quantitative estimate of drug-likeness (QED) is 0.734. The molecular formula is C20H19N3O2. The molecule has 3 heterocycles. The average Bonchev–Trinajstić information content (AvgIpc) is 3.18. The van der Waals surface area contributed by atoms with Crippen molar-refractivity contribution >= 4 is 17.4 Å². The third-order valence-electron chi connectivity index (χ3n) is 4.42. The van der Waals surface area contributed by atoms with E-state index in [0.29, 0.717) is 12.3 Å².